The second-order valence-corrected chi connectivity index (χ2v) is 5.59. The summed E-state index contributed by atoms with van der Waals surface area (Å²) in [6, 6.07) is 4.12. The van der Waals surface area contributed by atoms with Gasteiger partial charge >= 0.3 is 6.18 Å². The van der Waals surface area contributed by atoms with Crippen molar-refractivity contribution in [1.82, 2.24) is 24.7 Å². The van der Waals surface area contributed by atoms with Crippen LogP contribution < -0.4 is 5.56 Å². The van der Waals surface area contributed by atoms with E-state index in [1.165, 1.54) is 36.8 Å². The van der Waals surface area contributed by atoms with Crippen LogP contribution in [0.5, 0.6) is 0 Å². The number of pyridine rings is 3. The fraction of sp³-hybridized carbons (Fsp3) is 0.125. The lowest BCUT2D eigenvalue weighted by Crippen LogP contribution is -2.28. The molecular formula is C16H9F4N5O. The molecule has 0 aliphatic carbocycles. The van der Waals surface area contributed by atoms with Gasteiger partial charge in [-0.25, -0.2) is 4.98 Å². The number of hydrogen-bond donors (Lipinski definition) is 1. The van der Waals surface area contributed by atoms with Crippen molar-refractivity contribution in [3.05, 3.63) is 53.1 Å². The van der Waals surface area contributed by atoms with E-state index in [9.17, 15) is 22.4 Å². The zero-order valence-corrected chi connectivity index (χ0v) is 12.9. The molecule has 0 saturated heterocycles. The fourth-order valence-electron chi connectivity index (χ4n) is 2.83. The third-order valence-electron chi connectivity index (χ3n) is 3.93. The first-order valence-electron chi connectivity index (χ1n) is 7.38. The second kappa shape index (κ2) is 5.61. The normalized spacial score (nSPS) is 12.2. The number of nitrogens with one attached hydrogen (secondary N) is 1. The Morgan fingerprint density at radius 3 is 2.69 bits per heavy atom. The summed E-state index contributed by atoms with van der Waals surface area (Å²) in [5.74, 6) is -0.813. The maximum absolute atomic E-state index is 13.9. The summed E-state index contributed by atoms with van der Waals surface area (Å²) in [4.78, 5) is 20.1. The van der Waals surface area contributed by atoms with Crippen LogP contribution in [-0.2, 0) is 6.54 Å². The number of aromatic amines is 1. The van der Waals surface area contributed by atoms with Gasteiger partial charge in [-0.3, -0.25) is 19.4 Å². The summed E-state index contributed by atoms with van der Waals surface area (Å²) in [7, 11) is 0. The summed E-state index contributed by atoms with van der Waals surface area (Å²) in [5.41, 5.74) is -0.517. The van der Waals surface area contributed by atoms with Crippen LogP contribution in [0.15, 0.2) is 41.6 Å². The highest BCUT2D eigenvalue weighted by Crippen LogP contribution is 2.28. The van der Waals surface area contributed by atoms with E-state index in [1.54, 1.807) is 0 Å². The maximum Gasteiger partial charge on any atom is 0.406 e. The molecular weight excluding hydrogens is 354 g/mol. The zero-order valence-electron chi connectivity index (χ0n) is 12.9. The van der Waals surface area contributed by atoms with E-state index in [0.717, 1.165) is 0 Å². The van der Waals surface area contributed by atoms with Crippen LogP contribution in [0, 0.1) is 5.95 Å². The first-order valence-corrected chi connectivity index (χ1v) is 7.38. The van der Waals surface area contributed by atoms with Gasteiger partial charge in [-0.15, -0.1) is 0 Å². The van der Waals surface area contributed by atoms with Gasteiger partial charge in [-0.2, -0.15) is 22.7 Å². The lowest BCUT2D eigenvalue weighted by molar-refractivity contribution is -0.140. The molecule has 0 radical (unpaired) electrons. The highest BCUT2D eigenvalue weighted by Gasteiger charge is 2.30. The van der Waals surface area contributed by atoms with E-state index in [4.69, 9.17) is 0 Å². The minimum atomic E-state index is -4.61. The lowest BCUT2D eigenvalue weighted by Gasteiger charge is -2.14. The van der Waals surface area contributed by atoms with Gasteiger partial charge in [0, 0.05) is 17.8 Å². The molecule has 4 aromatic heterocycles. The molecule has 0 unspecified atom stereocenters. The molecule has 0 amide bonds. The molecule has 0 aromatic carbocycles. The second-order valence-electron chi connectivity index (χ2n) is 5.59. The molecule has 26 heavy (non-hydrogen) atoms. The van der Waals surface area contributed by atoms with Crippen molar-refractivity contribution in [2.45, 2.75) is 12.7 Å². The maximum atomic E-state index is 13.9. The number of hydrogen-bond acceptors (Lipinski definition) is 4. The summed E-state index contributed by atoms with van der Waals surface area (Å²) in [6.45, 7) is -1.48. The van der Waals surface area contributed by atoms with E-state index in [2.05, 4.69) is 20.2 Å². The smallest absolute Gasteiger partial charge is 0.298 e. The van der Waals surface area contributed by atoms with Crippen LogP contribution in [0.1, 0.15) is 0 Å². The Labute approximate surface area is 142 Å². The van der Waals surface area contributed by atoms with Gasteiger partial charge in [0.05, 0.1) is 33.9 Å². The molecule has 10 heteroatoms. The zero-order chi connectivity index (χ0) is 18.5. The van der Waals surface area contributed by atoms with Crippen molar-refractivity contribution in [2.75, 3.05) is 0 Å². The third-order valence-corrected chi connectivity index (χ3v) is 3.93. The Morgan fingerprint density at radius 2 is 1.96 bits per heavy atom. The topological polar surface area (TPSA) is 76.5 Å². The van der Waals surface area contributed by atoms with Crippen LogP contribution in [0.3, 0.4) is 0 Å². The molecule has 6 nitrogen and oxygen atoms in total. The SMILES string of the molecule is O=c1c2cn[nH]c2c2cnc(-c3cccnc3F)cc2n1CC(F)(F)F. The molecule has 4 rings (SSSR count). The van der Waals surface area contributed by atoms with Crippen LogP contribution in [0.25, 0.3) is 33.1 Å². The highest BCUT2D eigenvalue weighted by atomic mass is 19.4. The number of H-pyrrole nitrogens is 1. The first kappa shape index (κ1) is 16.2. The van der Waals surface area contributed by atoms with Crippen LogP contribution in [-0.4, -0.2) is 30.9 Å². The summed E-state index contributed by atoms with van der Waals surface area (Å²) < 4.78 is 53.5. The monoisotopic (exact) mass is 363 g/mol. The Kier molecular flexibility index (Phi) is 3.49. The summed E-state index contributed by atoms with van der Waals surface area (Å²) >= 11 is 0. The molecule has 0 aliphatic heterocycles. The molecule has 132 valence electrons. The Morgan fingerprint density at radius 1 is 1.15 bits per heavy atom. The number of fused-ring (bicyclic) bond motifs is 3. The van der Waals surface area contributed by atoms with Crippen molar-refractivity contribution < 1.29 is 17.6 Å². The van der Waals surface area contributed by atoms with Gasteiger partial charge in [0.25, 0.3) is 5.56 Å². The van der Waals surface area contributed by atoms with E-state index >= 15 is 0 Å². The number of halogens is 4. The van der Waals surface area contributed by atoms with Crippen LogP contribution >= 0.6 is 0 Å². The fourth-order valence-corrected chi connectivity index (χ4v) is 2.83. The molecule has 0 spiro atoms. The molecule has 0 fully saturated rings. The van der Waals surface area contributed by atoms with Gasteiger partial charge in [-0.05, 0) is 18.2 Å². The van der Waals surface area contributed by atoms with Gasteiger partial charge < -0.3 is 0 Å². The number of rotatable bonds is 2. The quantitative estimate of drug-likeness (QED) is 0.439. The summed E-state index contributed by atoms with van der Waals surface area (Å²) in [5, 5.41) is 6.61. The first-order chi connectivity index (χ1) is 12.3. The number of aromatic nitrogens is 5. The lowest BCUT2D eigenvalue weighted by atomic mass is 10.1. The van der Waals surface area contributed by atoms with Crippen molar-refractivity contribution in [1.29, 1.82) is 0 Å². The van der Waals surface area contributed by atoms with E-state index < -0.39 is 24.2 Å². The summed E-state index contributed by atoms with van der Waals surface area (Å²) in [6.07, 6.45) is -0.923. The molecule has 0 saturated carbocycles. The standard InChI is InChI=1S/C16H9F4N5O/c17-14-8(2-1-3-21-14)11-4-12-9(5-22-11)13-10(6-23-24-13)15(26)25(12)7-16(18,19)20/h1-6H,7H2,(H,23,24). The van der Waals surface area contributed by atoms with Gasteiger partial charge in [-0.1, -0.05) is 0 Å². The molecule has 4 heterocycles. The van der Waals surface area contributed by atoms with Crippen molar-refractivity contribution in [3.8, 4) is 11.3 Å². The van der Waals surface area contributed by atoms with Gasteiger partial charge in [0.1, 0.15) is 6.54 Å². The molecule has 0 aliphatic rings. The van der Waals surface area contributed by atoms with Gasteiger partial charge in [0.2, 0.25) is 5.95 Å². The third kappa shape index (κ3) is 2.59. The highest BCUT2D eigenvalue weighted by molar-refractivity contribution is 6.03. The predicted molar refractivity (Wildman–Crippen MR) is 84.9 cm³/mol. The Balaban J connectivity index is 2.08. The van der Waals surface area contributed by atoms with Crippen molar-refractivity contribution in [2.24, 2.45) is 0 Å². The number of alkyl halides is 3. The van der Waals surface area contributed by atoms with Crippen molar-refractivity contribution in [3.63, 3.8) is 0 Å². The molecule has 4 aromatic rings. The Hall–Kier alpha value is -3.30. The minimum Gasteiger partial charge on any atom is -0.298 e. The average molecular weight is 363 g/mol. The van der Waals surface area contributed by atoms with Crippen molar-refractivity contribution >= 4 is 21.8 Å². The molecule has 0 bridgehead atoms. The van der Waals surface area contributed by atoms with E-state index in [-0.39, 0.29) is 33.1 Å². The molecule has 0 atom stereocenters. The average Bonchev–Trinajstić information content (AvgIpc) is 3.08. The number of nitrogens with zero attached hydrogens (tertiary/aromatic N) is 4. The molecule has 1 N–H and O–H groups in total. The largest absolute Gasteiger partial charge is 0.406 e. The van der Waals surface area contributed by atoms with Gasteiger partial charge in [0.15, 0.2) is 0 Å². The van der Waals surface area contributed by atoms with E-state index in [0.29, 0.717) is 4.57 Å². The predicted octanol–water partition coefficient (Wildman–Crippen LogP) is 3.04. The Bertz CT molecular complexity index is 1190. The van der Waals surface area contributed by atoms with Crippen LogP contribution in [0.2, 0.25) is 0 Å². The minimum absolute atomic E-state index is 0.0175. The van der Waals surface area contributed by atoms with E-state index in [1.807, 2.05) is 0 Å². The van der Waals surface area contributed by atoms with Crippen LogP contribution in [0.4, 0.5) is 17.6 Å².